The summed E-state index contributed by atoms with van der Waals surface area (Å²) in [6.45, 7) is 4.38. The molecule has 0 radical (unpaired) electrons. The molecule has 112 valence electrons. The van der Waals surface area contributed by atoms with Crippen LogP contribution in [0.25, 0.3) is 0 Å². The molecular weight excluding hydrogens is 261 g/mol. The van der Waals surface area contributed by atoms with Crippen LogP contribution < -0.4 is 5.32 Å². The van der Waals surface area contributed by atoms with Crippen LogP contribution in [0.4, 0.5) is 4.39 Å². The minimum atomic E-state index is -0.177. The largest absolute Gasteiger partial charge is 0.303 e. The third kappa shape index (κ3) is 4.68. The molecule has 21 heavy (non-hydrogen) atoms. The van der Waals surface area contributed by atoms with Crippen molar-refractivity contribution >= 4 is 0 Å². The maximum absolute atomic E-state index is 13.1. The van der Waals surface area contributed by atoms with Gasteiger partial charge in [0.15, 0.2) is 0 Å². The quantitative estimate of drug-likeness (QED) is 0.717. The standard InChI is InChI=1S/C19H24FN/c1-3-4-10-19(17-11-13-18(20)14-12-17)21-15(2)16-8-6-5-7-9-16/h5-9,11-15,19,21H,3-4,10H2,1-2H3. The first-order valence-electron chi connectivity index (χ1n) is 7.77. The lowest BCUT2D eigenvalue weighted by Gasteiger charge is -2.24. The third-order valence-electron chi connectivity index (χ3n) is 3.87. The van der Waals surface area contributed by atoms with Gasteiger partial charge >= 0.3 is 0 Å². The summed E-state index contributed by atoms with van der Waals surface area (Å²) >= 11 is 0. The predicted molar refractivity (Wildman–Crippen MR) is 86.7 cm³/mol. The highest BCUT2D eigenvalue weighted by molar-refractivity contribution is 5.22. The molecule has 0 aromatic heterocycles. The molecule has 2 unspecified atom stereocenters. The van der Waals surface area contributed by atoms with Gasteiger partial charge in [0.2, 0.25) is 0 Å². The molecule has 2 aromatic rings. The van der Waals surface area contributed by atoms with Crippen LogP contribution in [0, 0.1) is 5.82 Å². The van der Waals surface area contributed by atoms with E-state index in [-0.39, 0.29) is 17.9 Å². The first-order chi connectivity index (χ1) is 10.2. The van der Waals surface area contributed by atoms with E-state index in [4.69, 9.17) is 0 Å². The highest BCUT2D eigenvalue weighted by Crippen LogP contribution is 2.24. The van der Waals surface area contributed by atoms with E-state index in [1.54, 1.807) is 12.1 Å². The minimum Gasteiger partial charge on any atom is -0.303 e. The van der Waals surface area contributed by atoms with Gasteiger partial charge in [-0.25, -0.2) is 4.39 Å². The highest BCUT2D eigenvalue weighted by Gasteiger charge is 2.15. The molecule has 0 fully saturated rings. The fraction of sp³-hybridized carbons (Fsp3) is 0.368. The van der Waals surface area contributed by atoms with Crippen LogP contribution >= 0.6 is 0 Å². The van der Waals surface area contributed by atoms with Gasteiger partial charge in [-0.15, -0.1) is 0 Å². The molecule has 0 spiro atoms. The van der Waals surface area contributed by atoms with Gasteiger partial charge in [0.1, 0.15) is 5.82 Å². The summed E-state index contributed by atoms with van der Waals surface area (Å²) in [4.78, 5) is 0. The van der Waals surface area contributed by atoms with Gasteiger partial charge in [-0.1, -0.05) is 62.2 Å². The zero-order valence-electron chi connectivity index (χ0n) is 12.9. The van der Waals surface area contributed by atoms with Crippen LogP contribution in [-0.2, 0) is 0 Å². The van der Waals surface area contributed by atoms with Crippen molar-refractivity contribution in [1.29, 1.82) is 0 Å². The summed E-state index contributed by atoms with van der Waals surface area (Å²) in [5.74, 6) is -0.177. The number of benzene rings is 2. The van der Waals surface area contributed by atoms with E-state index in [1.165, 1.54) is 12.0 Å². The normalized spacial score (nSPS) is 13.9. The Morgan fingerprint density at radius 2 is 1.62 bits per heavy atom. The monoisotopic (exact) mass is 285 g/mol. The van der Waals surface area contributed by atoms with Crippen LogP contribution in [0.2, 0.25) is 0 Å². The summed E-state index contributed by atoms with van der Waals surface area (Å²) in [5.41, 5.74) is 2.44. The Morgan fingerprint density at radius 3 is 2.24 bits per heavy atom. The van der Waals surface area contributed by atoms with E-state index in [0.717, 1.165) is 18.4 Å². The van der Waals surface area contributed by atoms with Gasteiger partial charge in [0, 0.05) is 12.1 Å². The van der Waals surface area contributed by atoms with E-state index < -0.39 is 0 Å². The minimum absolute atomic E-state index is 0.177. The van der Waals surface area contributed by atoms with Gasteiger partial charge in [0.05, 0.1) is 0 Å². The summed E-state index contributed by atoms with van der Waals surface area (Å²) in [7, 11) is 0. The van der Waals surface area contributed by atoms with E-state index in [0.29, 0.717) is 0 Å². The predicted octanol–water partition coefficient (Wildman–Crippen LogP) is 5.41. The molecule has 2 atom stereocenters. The molecule has 0 aliphatic rings. The van der Waals surface area contributed by atoms with E-state index in [2.05, 4.69) is 43.4 Å². The SMILES string of the molecule is CCCCC(NC(C)c1ccccc1)c1ccc(F)cc1. The van der Waals surface area contributed by atoms with Crippen molar-refractivity contribution in [3.05, 3.63) is 71.5 Å². The fourth-order valence-electron chi connectivity index (χ4n) is 2.59. The molecule has 0 aliphatic carbocycles. The van der Waals surface area contributed by atoms with Crippen molar-refractivity contribution in [2.24, 2.45) is 0 Å². The highest BCUT2D eigenvalue weighted by atomic mass is 19.1. The lowest BCUT2D eigenvalue weighted by Crippen LogP contribution is -2.24. The number of hydrogen-bond acceptors (Lipinski definition) is 1. The zero-order valence-corrected chi connectivity index (χ0v) is 12.9. The second-order valence-corrected chi connectivity index (χ2v) is 5.55. The molecule has 2 aromatic carbocycles. The Bertz CT molecular complexity index is 521. The Kier molecular flexibility index (Phi) is 5.94. The van der Waals surface area contributed by atoms with E-state index >= 15 is 0 Å². The number of unbranched alkanes of at least 4 members (excludes halogenated alkanes) is 1. The molecule has 1 N–H and O–H groups in total. The number of nitrogens with one attached hydrogen (secondary N) is 1. The first-order valence-corrected chi connectivity index (χ1v) is 7.77. The molecule has 0 saturated heterocycles. The average Bonchev–Trinajstić information content (AvgIpc) is 2.53. The van der Waals surface area contributed by atoms with E-state index in [1.807, 2.05) is 18.2 Å². The molecule has 2 heteroatoms. The van der Waals surface area contributed by atoms with Crippen LogP contribution in [0.15, 0.2) is 54.6 Å². The Morgan fingerprint density at radius 1 is 0.952 bits per heavy atom. The summed E-state index contributed by atoms with van der Waals surface area (Å²) < 4.78 is 13.1. The van der Waals surface area contributed by atoms with E-state index in [9.17, 15) is 4.39 Å². The average molecular weight is 285 g/mol. The van der Waals surface area contributed by atoms with Gasteiger partial charge in [0.25, 0.3) is 0 Å². The maximum atomic E-state index is 13.1. The molecule has 0 bridgehead atoms. The molecule has 0 heterocycles. The van der Waals surface area contributed by atoms with Gasteiger partial charge < -0.3 is 5.32 Å². The Balaban J connectivity index is 2.10. The topological polar surface area (TPSA) is 12.0 Å². The van der Waals surface area contributed by atoms with Crippen molar-refractivity contribution in [2.45, 2.75) is 45.2 Å². The Labute approximate surface area is 127 Å². The number of rotatable bonds is 7. The van der Waals surface area contributed by atoms with Crippen LogP contribution in [0.5, 0.6) is 0 Å². The van der Waals surface area contributed by atoms with Crippen LogP contribution in [0.1, 0.15) is 56.3 Å². The van der Waals surface area contributed by atoms with Crippen molar-refractivity contribution in [1.82, 2.24) is 5.32 Å². The summed E-state index contributed by atoms with van der Waals surface area (Å²) in [6.07, 6.45) is 3.40. The summed E-state index contributed by atoms with van der Waals surface area (Å²) in [5, 5.41) is 3.68. The molecule has 0 saturated carbocycles. The fourth-order valence-corrected chi connectivity index (χ4v) is 2.59. The molecule has 2 rings (SSSR count). The smallest absolute Gasteiger partial charge is 0.123 e. The molecular formula is C19H24FN. The van der Waals surface area contributed by atoms with Crippen molar-refractivity contribution in [3.8, 4) is 0 Å². The third-order valence-corrected chi connectivity index (χ3v) is 3.87. The van der Waals surface area contributed by atoms with Crippen molar-refractivity contribution in [3.63, 3.8) is 0 Å². The van der Waals surface area contributed by atoms with Gasteiger partial charge in [-0.05, 0) is 36.6 Å². The lowest BCUT2D eigenvalue weighted by molar-refractivity contribution is 0.431. The van der Waals surface area contributed by atoms with Crippen LogP contribution in [-0.4, -0.2) is 0 Å². The summed E-state index contributed by atoms with van der Waals surface area (Å²) in [6, 6.07) is 17.8. The molecule has 0 amide bonds. The maximum Gasteiger partial charge on any atom is 0.123 e. The van der Waals surface area contributed by atoms with Crippen LogP contribution in [0.3, 0.4) is 0 Å². The second kappa shape index (κ2) is 7.94. The lowest BCUT2D eigenvalue weighted by atomic mass is 9.98. The van der Waals surface area contributed by atoms with Crippen molar-refractivity contribution in [2.75, 3.05) is 0 Å². The Hall–Kier alpha value is -1.67. The zero-order chi connectivity index (χ0) is 15.1. The van der Waals surface area contributed by atoms with Crippen molar-refractivity contribution < 1.29 is 4.39 Å². The van der Waals surface area contributed by atoms with Gasteiger partial charge in [-0.3, -0.25) is 0 Å². The molecule has 1 nitrogen and oxygen atoms in total. The number of hydrogen-bond donors (Lipinski definition) is 1. The first kappa shape index (κ1) is 15.7. The van der Waals surface area contributed by atoms with Gasteiger partial charge in [-0.2, -0.15) is 0 Å². The second-order valence-electron chi connectivity index (χ2n) is 5.55. The number of halogens is 1. The molecule has 0 aliphatic heterocycles.